The molecule has 0 saturated carbocycles. The number of carbonyl (C=O) groups excluding carboxylic acids is 1. The SMILES string of the molecule is O=C(Cc1ccc(F)cc1)N1CCN(Cn2nc(-c3ccccc3)c3ccccc3c2=O)CC1. The van der Waals surface area contributed by atoms with Crippen molar-refractivity contribution in [2.24, 2.45) is 0 Å². The number of hydrogen-bond acceptors (Lipinski definition) is 4. The summed E-state index contributed by atoms with van der Waals surface area (Å²) in [6, 6.07) is 23.5. The van der Waals surface area contributed by atoms with Gasteiger partial charge in [0.2, 0.25) is 5.91 Å². The van der Waals surface area contributed by atoms with Crippen LogP contribution in [0.25, 0.3) is 22.0 Å². The van der Waals surface area contributed by atoms with E-state index in [1.807, 2.05) is 59.5 Å². The molecule has 0 unspecified atom stereocenters. The summed E-state index contributed by atoms with van der Waals surface area (Å²) in [5.41, 5.74) is 2.42. The van der Waals surface area contributed by atoms with Crippen molar-refractivity contribution in [2.75, 3.05) is 26.2 Å². The Morgan fingerprint density at radius 2 is 1.47 bits per heavy atom. The van der Waals surface area contributed by atoms with E-state index in [0.717, 1.165) is 22.2 Å². The van der Waals surface area contributed by atoms with Crippen LogP contribution in [0.3, 0.4) is 0 Å². The summed E-state index contributed by atoms with van der Waals surface area (Å²) < 4.78 is 14.6. The third-order valence-electron chi connectivity index (χ3n) is 6.24. The van der Waals surface area contributed by atoms with Crippen molar-refractivity contribution in [3.05, 3.63) is 101 Å². The van der Waals surface area contributed by atoms with Crippen LogP contribution < -0.4 is 5.56 Å². The quantitative estimate of drug-likeness (QED) is 0.461. The van der Waals surface area contributed by atoms with Gasteiger partial charge in [-0.25, -0.2) is 9.07 Å². The van der Waals surface area contributed by atoms with Crippen LogP contribution in [-0.4, -0.2) is 51.7 Å². The molecule has 2 heterocycles. The lowest BCUT2D eigenvalue weighted by Gasteiger charge is -2.34. The number of amides is 1. The zero-order chi connectivity index (χ0) is 23.5. The molecule has 34 heavy (non-hydrogen) atoms. The highest BCUT2D eigenvalue weighted by Gasteiger charge is 2.22. The first-order valence-electron chi connectivity index (χ1n) is 11.4. The fourth-order valence-electron chi connectivity index (χ4n) is 4.36. The lowest BCUT2D eigenvalue weighted by atomic mass is 10.1. The van der Waals surface area contributed by atoms with Crippen molar-refractivity contribution in [3.63, 3.8) is 0 Å². The summed E-state index contributed by atoms with van der Waals surface area (Å²) in [4.78, 5) is 29.8. The zero-order valence-corrected chi connectivity index (χ0v) is 18.7. The maximum absolute atomic E-state index is 13.2. The van der Waals surface area contributed by atoms with Gasteiger partial charge in [0, 0.05) is 37.1 Å². The van der Waals surface area contributed by atoms with Gasteiger partial charge in [0.25, 0.3) is 5.56 Å². The standard InChI is InChI=1S/C27H25FN4O2/c28-22-12-10-20(11-13-22)18-25(33)31-16-14-30(15-17-31)19-32-27(34)24-9-5-4-8-23(24)26(29-32)21-6-2-1-3-7-21/h1-13H,14-19H2. The Labute approximate surface area is 196 Å². The van der Waals surface area contributed by atoms with Gasteiger partial charge in [0.05, 0.1) is 24.2 Å². The summed E-state index contributed by atoms with van der Waals surface area (Å²) in [7, 11) is 0. The maximum atomic E-state index is 13.2. The van der Waals surface area contributed by atoms with Gasteiger partial charge in [-0.15, -0.1) is 0 Å². The lowest BCUT2D eigenvalue weighted by molar-refractivity contribution is -0.132. The lowest BCUT2D eigenvalue weighted by Crippen LogP contribution is -2.50. The molecule has 0 radical (unpaired) electrons. The zero-order valence-electron chi connectivity index (χ0n) is 18.7. The molecule has 3 aromatic carbocycles. The van der Waals surface area contributed by atoms with Crippen molar-refractivity contribution >= 4 is 16.7 Å². The highest BCUT2D eigenvalue weighted by molar-refractivity contribution is 5.93. The second-order valence-corrected chi connectivity index (χ2v) is 8.51. The second kappa shape index (κ2) is 9.57. The second-order valence-electron chi connectivity index (χ2n) is 8.51. The monoisotopic (exact) mass is 456 g/mol. The Morgan fingerprint density at radius 1 is 0.824 bits per heavy atom. The number of carbonyl (C=O) groups is 1. The van der Waals surface area contributed by atoms with Crippen LogP contribution in [0.2, 0.25) is 0 Å². The van der Waals surface area contributed by atoms with Crippen molar-refractivity contribution in [3.8, 4) is 11.3 Å². The Hall–Kier alpha value is -3.84. The van der Waals surface area contributed by atoms with Crippen LogP contribution in [0.15, 0.2) is 83.7 Å². The van der Waals surface area contributed by atoms with Crippen molar-refractivity contribution in [2.45, 2.75) is 13.1 Å². The third kappa shape index (κ3) is 4.61. The molecule has 4 aromatic rings. The first-order valence-corrected chi connectivity index (χ1v) is 11.4. The molecule has 172 valence electrons. The Kier molecular flexibility index (Phi) is 6.18. The van der Waals surface area contributed by atoms with E-state index in [0.29, 0.717) is 38.2 Å². The van der Waals surface area contributed by atoms with Gasteiger partial charge >= 0.3 is 0 Å². The van der Waals surface area contributed by atoms with Gasteiger partial charge in [-0.3, -0.25) is 14.5 Å². The van der Waals surface area contributed by atoms with Gasteiger partial charge in [-0.2, -0.15) is 5.10 Å². The van der Waals surface area contributed by atoms with Crippen LogP contribution in [0.5, 0.6) is 0 Å². The maximum Gasteiger partial charge on any atom is 0.275 e. The van der Waals surface area contributed by atoms with E-state index in [1.54, 1.807) is 12.1 Å². The van der Waals surface area contributed by atoms with E-state index in [9.17, 15) is 14.0 Å². The first-order chi connectivity index (χ1) is 16.6. The van der Waals surface area contributed by atoms with E-state index < -0.39 is 0 Å². The molecule has 6 nitrogen and oxygen atoms in total. The average Bonchev–Trinajstić information content (AvgIpc) is 2.88. The first kappa shape index (κ1) is 22.0. The normalized spacial score (nSPS) is 14.4. The van der Waals surface area contributed by atoms with E-state index in [2.05, 4.69) is 4.90 Å². The van der Waals surface area contributed by atoms with Gasteiger partial charge in [0.15, 0.2) is 0 Å². The molecular formula is C27H25FN4O2. The summed E-state index contributed by atoms with van der Waals surface area (Å²) in [6.07, 6.45) is 0.256. The Morgan fingerprint density at radius 3 is 2.18 bits per heavy atom. The summed E-state index contributed by atoms with van der Waals surface area (Å²) in [5, 5.41) is 6.22. The highest BCUT2D eigenvalue weighted by Crippen LogP contribution is 2.24. The van der Waals surface area contributed by atoms with E-state index in [4.69, 9.17) is 5.10 Å². The van der Waals surface area contributed by atoms with Gasteiger partial charge in [-0.1, -0.05) is 60.7 Å². The molecule has 1 amide bonds. The van der Waals surface area contributed by atoms with Crippen LogP contribution >= 0.6 is 0 Å². The number of aromatic nitrogens is 2. The molecule has 1 saturated heterocycles. The van der Waals surface area contributed by atoms with Crippen LogP contribution in [0.4, 0.5) is 4.39 Å². The molecule has 0 aliphatic carbocycles. The third-order valence-corrected chi connectivity index (χ3v) is 6.24. The molecule has 1 aliphatic rings. The molecule has 1 aliphatic heterocycles. The summed E-state index contributed by atoms with van der Waals surface area (Å²) >= 11 is 0. The topological polar surface area (TPSA) is 58.4 Å². The van der Waals surface area contributed by atoms with E-state index in [-0.39, 0.29) is 23.7 Å². The largest absolute Gasteiger partial charge is 0.340 e. The van der Waals surface area contributed by atoms with E-state index >= 15 is 0 Å². The van der Waals surface area contributed by atoms with Gasteiger partial charge in [-0.05, 0) is 23.8 Å². The number of piperazine rings is 1. The molecule has 5 rings (SSSR count). The van der Waals surface area contributed by atoms with Crippen molar-refractivity contribution < 1.29 is 9.18 Å². The van der Waals surface area contributed by atoms with E-state index in [1.165, 1.54) is 16.8 Å². The number of hydrogen-bond donors (Lipinski definition) is 0. The number of rotatable bonds is 5. The van der Waals surface area contributed by atoms with Crippen LogP contribution in [0.1, 0.15) is 5.56 Å². The predicted octanol–water partition coefficient (Wildman–Crippen LogP) is 3.55. The minimum Gasteiger partial charge on any atom is -0.340 e. The number of halogens is 1. The summed E-state index contributed by atoms with van der Waals surface area (Å²) in [6.45, 7) is 2.82. The highest BCUT2D eigenvalue weighted by atomic mass is 19.1. The Balaban J connectivity index is 1.31. The fraction of sp³-hybridized carbons (Fsp3) is 0.222. The molecule has 1 fully saturated rings. The molecule has 1 aromatic heterocycles. The van der Waals surface area contributed by atoms with Gasteiger partial charge in [0.1, 0.15) is 5.82 Å². The molecule has 7 heteroatoms. The number of nitrogens with zero attached hydrogens (tertiary/aromatic N) is 4. The predicted molar refractivity (Wildman–Crippen MR) is 130 cm³/mol. The van der Waals surface area contributed by atoms with Crippen molar-refractivity contribution in [1.82, 2.24) is 19.6 Å². The van der Waals surface area contributed by atoms with Gasteiger partial charge < -0.3 is 4.90 Å². The molecule has 0 atom stereocenters. The Bertz CT molecular complexity index is 1360. The average molecular weight is 457 g/mol. The minimum absolute atomic E-state index is 0.0265. The molecule has 0 N–H and O–H groups in total. The number of benzene rings is 3. The minimum atomic E-state index is -0.308. The van der Waals surface area contributed by atoms with Crippen LogP contribution in [-0.2, 0) is 17.9 Å². The van der Waals surface area contributed by atoms with Crippen molar-refractivity contribution in [1.29, 1.82) is 0 Å². The van der Waals surface area contributed by atoms with Crippen LogP contribution in [0, 0.1) is 5.82 Å². The molecule has 0 bridgehead atoms. The smallest absolute Gasteiger partial charge is 0.275 e. The summed E-state index contributed by atoms with van der Waals surface area (Å²) in [5.74, 6) is -0.281. The molecular weight excluding hydrogens is 431 g/mol. The fourth-order valence-corrected chi connectivity index (χ4v) is 4.36. The molecule has 0 spiro atoms. The number of fused-ring (bicyclic) bond motifs is 1.